The van der Waals surface area contributed by atoms with E-state index in [1.54, 1.807) is 18.2 Å². The first-order chi connectivity index (χ1) is 58.0. The lowest BCUT2D eigenvalue weighted by Crippen LogP contribution is -2.10. The molecule has 0 aliphatic heterocycles. The Morgan fingerprint density at radius 1 is 0.248 bits per heavy atom. The molecule has 594 valence electrons. The molecule has 0 spiro atoms. The third-order valence-electron chi connectivity index (χ3n) is 22.2. The fourth-order valence-corrected chi connectivity index (χ4v) is 15.9. The lowest BCUT2D eigenvalue weighted by molar-refractivity contribution is -0.138. The van der Waals surface area contributed by atoms with Crippen LogP contribution in [0.5, 0.6) is 0 Å². The fourth-order valence-electron chi connectivity index (χ4n) is 15.9. The second-order valence-electron chi connectivity index (χ2n) is 33.7. The van der Waals surface area contributed by atoms with E-state index in [0.717, 1.165) is 106 Å². The zero-order chi connectivity index (χ0) is 84.4. The molecule has 0 fully saturated rings. The van der Waals surface area contributed by atoms with E-state index >= 15 is 0 Å². The highest BCUT2D eigenvalue weighted by molar-refractivity contribution is 6.13. The van der Waals surface area contributed by atoms with Gasteiger partial charge in [0.25, 0.3) is 0 Å². The maximum atomic E-state index is 14.7. The quantitative estimate of drug-likeness (QED) is 0.0894. The summed E-state index contributed by atoms with van der Waals surface area (Å²) in [5.74, 6) is 2.63. The van der Waals surface area contributed by atoms with E-state index in [-0.39, 0.29) is 16.2 Å². The number of halogens is 6. The van der Waals surface area contributed by atoms with Gasteiger partial charge >= 0.3 is 12.4 Å². The summed E-state index contributed by atoms with van der Waals surface area (Å²) < 4.78 is 92.0. The van der Waals surface area contributed by atoms with Gasteiger partial charge in [-0.05, 0) is 159 Å². The Bertz CT molecular complexity index is 6880. The Labute approximate surface area is 698 Å². The van der Waals surface area contributed by atoms with E-state index in [0.29, 0.717) is 90.8 Å². The van der Waals surface area contributed by atoms with Crippen molar-refractivity contribution in [1.29, 1.82) is 0 Å². The number of rotatable bonds is 12. The summed E-state index contributed by atoms with van der Waals surface area (Å²) in [5, 5.41) is 4.17. The van der Waals surface area contributed by atoms with Gasteiger partial charge in [-0.3, -0.25) is 0 Å². The molecular formula is C106H83F6N9. The minimum atomic E-state index is -4.58. The van der Waals surface area contributed by atoms with Gasteiger partial charge in [0.15, 0.2) is 40.6 Å². The number of aryl methyl sites for hydroxylation is 1. The molecular weight excluding hydrogens is 1510 g/mol. The first kappa shape index (κ1) is 79.2. The summed E-state index contributed by atoms with van der Waals surface area (Å²) in [5.41, 5.74) is 17.7. The van der Waals surface area contributed by atoms with Crippen LogP contribution < -0.4 is 0 Å². The number of hydrogen-bond donors (Lipinski definition) is 0. The van der Waals surface area contributed by atoms with Gasteiger partial charge in [0.1, 0.15) is 0 Å². The molecule has 0 saturated heterocycles. The third-order valence-corrected chi connectivity index (χ3v) is 22.2. The molecule has 121 heavy (non-hydrogen) atoms. The Morgan fingerprint density at radius 2 is 0.529 bits per heavy atom. The van der Waals surface area contributed by atoms with Gasteiger partial charge in [-0.15, -0.1) is 0 Å². The predicted molar refractivity (Wildman–Crippen MR) is 480 cm³/mol. The van der Waals surface area contributed by atoms with Crippen molar-refractivity contribution in [3.8, 4) is 124 Å². The molecule has 0 aliphatic rings. The highest BCUT2D eigenvalue weighted by atomic mass is 19.4. The standard InChI is InChI=1S/C55H47F3N4.C51H36F3N5/c1-34-16-14-21-37(28-34)43-30-39(52-60-50(35-17-10-8-11-18-35)59-51(61-52)36-19-12-9-13-20-36)31-44(38-22-15-23-42(29-38)55(56,57)58)49(43)62-47-26-24-40(53(2,3)4)32-45(47)46-33-41(54(5,6)7)25-27-48(46)62;1-50(2,3)37-25-26-45-43(31-37)40-23-11-12-24-44(40)59(45)46-41(34-19-13-21-38(27-34)51(52,53)54)29-36(30-42(46)35-20-14-22-39(28-35)55-4)49-57-47(32-15-7-5-8-16-32)56-48(58-49)33-17-9-6-10-18-33/h8-33H,1-7H3;5-31H,1-3H3. The van der Waals surface area contributed by atoms with Crippen LogP contribution in [-0.4, -0.2) is 39.0 Å². The van der Waals surface area contributed by atoms with Crippen molar-refractivity contribution in [2.45, 2.75) is 97.8 Å². The van der Waals surface area contributed by atoms with Crippen LogP contribution in [0.1, 0.15) is 95.7 Å². The van der Waals surface area contributed by atoms with E-state index in [9.17, 15) is 26.3 Å². The summed E-state index contributed by atoms with van der Waals surface area (Å²) in [6.07, 6.45) is -9.14. The van der Waals surface area contributed by atoms with Crippen molar-refractivity contribution in [1.82, 2.24) is 39.0 Å². The molecule has 14 aromatic carbocycles. The summed E-state index contributed by atoms with van der Waals surface area (Å²) >= 11 is 0. The maximum absolute atomic E-state index is 14.7. The molecule has 0 atom stereocenters. The van der Waals surface area contributed by atoms with Crippen LogP contribution in [0.2, 0.25) is 0 Å². The normalized spacial score (nSPS) is 12.1. The van der Waals surface area contributed by atoms with Gasteiger partial charge < -0.3 is 9.13 Å². The summed E-state index contributed by atoms with van der Waals surface area (Å²) in [6.45, 7) is 29.7. The molecule has 0 N–H and O–H groups in total. The summed E-state index contributed by atoms with van der Waals surface area (Å²) in [7, 11) is 0. The summed E-state index contributed by atoms with van der Waals surface area (Å²) in [6, 6.07) is 101. The summed E-state index contributed by atoms with van der Waals surface area (Å²) in [4.78, 5) is 33.8. The van der Waals surface area contributed by atoms with E-state index < -0.39 is 23.5 Å². The van der Waals surface area contributed by atoms with Crippen molar-refractivity contribution >= 4 is 49.3 Å². The van der Waals surface area contributed by atoms with Gasteiger partial charge in [-0.2, -0.15) is 26.3 Å². The average Bonchev–Trinajstić information content (AvgIpc) is 1.61. The largest absolute Gasteiger partial charge is 0.416 e. The van der Waals surface area contributed by atoms with Gasteiger partial charge in [0, 0.05) is 77.2 Å². The van der Waals surface area contributed by atoms with Crippen LogP contribution in [-0.2, 0) is 28.6 Å². The molecule has 9 nitrogen and oxygen atoms in total. The highest BCUT2D eigenvalue weighted by Crippen LogP contribution is 2.50. The van der Waals surface area contributed by atoms with Crippen LogP contribution >= 0.6 is 0 Å². The molecule has 0 unspecified atom stereocenters. The first-order valence-corrected chi connectivity index (χ1v) is 40.1. The lowest BCUT2D eigenvalue weighted by atomic mass is 9.85. The van der Waals surface area contributed by atoms with E-state index in [4.69, 9.17) is 36.5 Å². The van der Waals surface area contributed by atoms with Crippen molar-refractivity contribution < 1.29 is 26.3 Å². The molecule has 0 amide bonds. The molecule has 4 aromatic heterocycles. The number of nitrogens with zero attached hydrogens (tertiary/aromatic N) is 9. The lowest BCUT2D eigenvalue weighted by Gasteiger charge is -2.23. The predicted octanol–water partition coefficient (Wildman–Crippen LogP) is 29.4. The number of aromatic nitrogens is 8. The number of hydrogen-bond acceptors (Lipinski definition) is 6. The fraction of sp³-hybridized carbons (Fsp3) is 0.142. The van der Waals surface area contributed by atoms with E-state index in [1.165, 1.54) is 35.4 Å². The van der Waals surface area contributed by atoms with Crippen LogP contribution in [0.3, 0.4) is 0 Å². The molecule has 18 rings (SSSR count). The second kappa shape index (κ2) is 31.2. The van der Waals surface area contributed by atoms with Crippen LogP contribution in [0.4, 0.5) is 32.0 Å². The maximum Gasteiger partial charge on any atom is 0.416 e. The van der Waals surface area contributed by atoms with Crippen molar-refractivity contribution in [2.75, 3.05) is 0 Å². The molecule has 0 aliphatic carbocycles. The minimum Gasteiger partial charge on any atom is -0.308 e. The Balaban J connectivity index is 0.000000173. The zero-order valence-electron chi connectivity index (χ0n) is 68.4. The number of benzene rings is 14. The molecule has 0 radical (unpaired) electrons. The third kappa shape index (κ3) is 15.9. The highest BCUT2D eigenvalue weighted by Gasteiger charge is 2.35. The molecule has 15 heteroatoms. The molecule has 0 saturated carbocycles. The van der Waals surface area contributed by atoms with Crippen molar-refractivity contribution in [3.05, 3.63) is 366 Å². The van der Waals surface area contributed by atoms with Gasteiger partial charge in [0.2, 0.25) is 0 Å². The molecule has 18 aromatic rings. The topological polar surface area (TPSA) is 91.6 Å². The van der Waals surface area contributed by atoms with Crippen molar-refractivity contribution in [2.24, 2.45) is 0 Å². The number of alkyl halides is 6. The number of fused-ring (bicyclic) bond motifs is 6. The van der Waals surface area contributed by atoms with Gasteiger partial charge in [0.05, 0.1) is 51.1 Å². The molecule has 4 heterocycles. The van der Waals surface area contributed by atoms with Crippen molar-refractivity contribution in [3.63, 3.8) is 0 Å². The van der Waals surface area contributed by atoms with Gasteiger partial charge in [-0.1, -0.05) is 292 Å². The monoisotopic (exact) mass is 1600 g/mol. The Morgan fingerprint density at radius 3 is 0.860 bits per heavy atom. The van der Waals surface area contributed by atoms with E-state index in [1.807, 2.05) is 195 Å². The van der Waals surface area contributed by atoms with Gasteiger partial charge in [-0.25, -0.2) is 34.7 Å². The van der Waals surface area contributed by atoms with Crippen LogP contribution in [0, 0.1) is 13.5 Å². The first-order valence-electron chi connectivity index (χ1n) is 40.1. The number of para-hydroxylation sites is 1. The minimum absolute atomic E-state index is 0.121. The van der Waals surface area contributed by atoms with Crippen LogP contribution in [0.25, 0.3) is 173 Å². The van der Waals surface area contributed by atoms with Crippen LogP contribution in [0.15, 0.2) is 322 Å². The Kier molecular flexibility index (Phi) is 20.5. The smallest absolute Gasteiger partial charge is 0.308 e. The average molecular weight is 1600 g/mol. The van der Waals surface area contributed by atoms with E-state index in [2.05, 4.69) is 155 Å². The zero-order valence-corrected chi connectivity index (χ0v) is 68.4. The Hall–Kier alpha value is -14.2. The molecule has 0 bridgehead atoms. The second-order valence-corrected chi connectivity index (χ2v) is 33.7. The SMILES string of the molecule is Cc1cccc(-c2cc(-c3nc(-c4ccccc4)nc(-c4ccccc4)n3)cc(-c3cccc(C(F)(F)F)c3)c2-n2c3ccc(C(C)(C)C)cc3c3cc(C(C)(C)C)ccc32)c1.[C-]#[N+]c1cccc(-c2cc(-c3nc(-c4ccccc4)nc(-c4ccccc4)n3)cc(-c3cccc(C(F)(F)F)c3)c2-n2c3ccccc3c3cc(C(C)(C)C)ccc32)c1.